The number of rotatable bonds is 4. The lowest BCUT2D eigenvalue weighted by molar-refractivity contribution is 0.579. The first kappa shape index (κ1) is 16.5. The molecule has 1 aliphatic carbocycles. The van der Waals surface area contributed by atoms with Gasteiger partial charge in [-0.25, -0.2) is 22.0 Å². The number of nitrogens with two attached hydrogens (primary N) is 1. The highest BCUT2D eigenvalue weighted by Crippen LogP contribution is 2.31. The minimum atomic E-state index is -3.83. The largest absolute Gasteiger partial charge is 0.380 e. The summed E-state index contributed by atoms with van der Waals surface area (Å²) in [6, 6.07) is 3.78. The lowest BCUT2D eigenvalue weighted by Gasteiger charge is -2.21. The first-order valence-corrected chi connectivity index (χ1v) is 10.2. The summed E-state index contributed by atoms with van der Waals surface area (Å²) in [5.74, 6) is 0. The minimum Gasteiger partial charge on any atom is -0.380 e. The summed E-state index contributed by atoms with van der Waals surface area (Å²) in [7, 11) is -7.01. The zero-order chi connectivity index (χ0) is 15.8. The summed E-state index contributed by atoms with van der Waals surface area (Å²) in [6.07, 6.45) is 3.28. The van der Waals surface area contributed by atoms with Gasteiger partial charge in [0.2, 0.25) is 10.0 Å². The molecule has 1 fully saturated rings. The SMILES string of the molecule is CS(=O)(=O)C1CCCC1Nc1cc(S(N)(=O)=O)ccc1Cl. The lowest BCUT2D eigenvalue weighted by Crippen LogP contribution is -2.34. The highest BCUT2D eigenvalue weighted by molar-refractivity contribution is 7.91. The summed E-state index contributed by atoms with van der Waals surface area (Å²) >= 11 is 6.04. The van der Waals surface area contributed by atoms with Crippen LogP contribution in [0, 0.1) is 0 Å². The van der Waals surface area contributed by atoms with Crippen molar-refractivity contribution in [2.75, 3.05) is 11.6 Å². The van der Waals surface area contributed by atoms with Crippen LogP contribution in [0.2, 0.25) is 5.02 Å². The maximum Gasteiger partial charge on any atom is 0.238 e. The predicted molar refractivity (Wildman–Crippen MR) is 82.7 cm³/mol. The van der Waals surface area contributed by atoms with Crippen molar-refractivity contribution in [1.29, 1.82) is 0 Å². The van der Waals surface area contributed by atoms with E-state index >= 15 is 0 Å². The van der Waals surface area contributed by atoms with Crippen molar-refractivity contribution in [3.8, 4) is 0 Å². The van der Waals surface area contributed by atoms with Crippen LogP contribution in [-0.4, -0.2) is 34.4 Å². The number of sulfonamides is 1. The molecule has 0 bridgehead atoms. The van der Waals surface area contributed by atoms with Crippen LogP contribution < -0.4 is 10.5 Å². The molecule has 3 N–H and O–H groups in total. The molecule has 21 heavy (non-hydrogen) atoms. The van der Waals surface area contributed by atoms with E-state index in [2.05, 4.69) is 5.32 Å². The Morgan fingerprint density at radius 3 is 2.48 bits per heavy atom. The Labute approximate surface area is 129 Å². The fraction of sp³-hybridized carbons (Fsp3) is 0.500. The summed E-state index contributed by atoms with van der Waals surface area (Å²) < 4.78 is 46.2. The molecule has 2 atom stereocenters. The quantitative estimate of drug-likeness (QED) is 0.851. The normalized spacial score (nSPS) is 23.2. The maximum absolute atomic E-state index is 11.8. The van der Waals surface area contributed by atoms with Crippen LogP contribution in [0.5, 0.6) is 0 Å². The van der Waals surface area contributed by atoms with Crippen LogP contribution in [0.4, 0.5) is 5.69 Å². The number of benzene rings is 1. The second-order valence-electron chi connectivity index (χ2n) is 5.24. The number of halogens is 1. The average Bonchev–Trinajstić information content (AvgIpc) is 2.78. The third-order valence-corrected chi connectivity index (χ3v) is 6.51. The van der Waals surface area contributed by atoms with Gasteiger partial charge in [-0.3, -0.25) is 0 Å². The van der Waals surface area contributed by atoms with Gasteiger partial charge in [0.1, 0.15) is 0 Å². The summed E-state index contributed by atoms with van der Waals surface area (Å²) in [5.41, 5.74) is 0.378. The van der Waals surface area contributed by atoms with E-state index in [9.17, 15) is 16.8 Å². The monoisotopic (exact) mass is 352 g/mol. The molecule has 2 unspecified atom stereocenters. The molecular formula is C12H17ClN2O4S2. The zero-order valence-electron chi connectivity index (χ0n) is 11.4. The molecule has 2 rings (SSSR count). The molecule has 1 saturated carbocycles. The van der Waals surface area contributed by atoms with Gasteiger partial charge in [-0.1, -0.05) is 11.6 Å². The van der Waals surface area contributed by atoms with Crippen LogP contribution in [0.3, 0.4) is 0 Å². The van der Waals surface area contributed by atoms with Gasteiger partial charge in [0.25, 0.3) is 0 Å². The van der Waals surface area contributed by atoms with Crippen LogP contribution in [-0.2, 0) is 19.9 Å². The van der Waals surface area contributed by atoms with Crippen LogP contribution >= 0.6 is 11.6 Å². The van der Waals surface area contributed by atoms with E-state index in [0.29, 0.717) is 23.6 Å². The standard InChI is InChI=1S/C12H17ClN2O4S2/c1-20(16,17)12-4-2-3-10(12)15-11-7-8(21(14,18)19)5-6-9(11)13/h5-7,10,12,15H,2-4H2,1H3,(H2,14,18,19). The molecule has 1 aromatic rings. The second kappa shape index (κ2) is 5.75. The molecule has 6 nitrogen and oxygen atoms in total. The third-order valence-electron chi connectivity index (χ3n) is 3.61. The average molecular weight is 353 g/mol. The van der Waals surface area contributed by atoms with Gasteiger partial charge in [-0.2, -0.15) is 0 Å². The Kier molecular flexibility index (Phi) is 4.53. The molecule has 0 radical (unpaired) electrons. The van der Waals surface area contributed by atoms with Crippen molar-refractivity contribution in [2.45, 2.75) is 35.4 Å². The topological polar surface area (TPSA) is 106 Å². The Balaban J connectivity index is 2.31. The molecule has 9 heteroatoms. The van der Waals surface area contributed by atoms with E-state index in [1.165, 1.54) is 24.5 Å². The first-order chi connectivity index (χ1) is 9.59. The minimum absolute atomic E-state index is 0.0664. The molecule has 0 amide bonds. The van der Waals surface area contributed by atoms with Gasteiger partial charge in [-0.15, -0.1) is 0 Å². The number of primary sulfonamides is 1. The summed E-state index contributed by atoms with van der Waals surface area (Å²) in [6.45, 7) is 0. The van der Waals surface area contributed by atoms with Gasteiger partial charge in [-0.05, 0) is 37.5 Å². The molecule has 0 heterocycles. The van der Waals surface area contributed by atoms with E-state index in [4.69, 9.17) is 16.7 Å². The van der Waals surface area contributed by atoms with Crippen LogP contribution in [0.1, 0.15) is 19.3 Å². The molecule has 0 aliphatic heterocycles. The highest BCUT2D eigenvalue weighted by Gasteiger charge is 2.35. The van der Waals surface area contributed by atoms with E-state index in [1.54, 1.807) is 0 Å². The van der Waals surface area contributed by atoms with E-state index in [0.717, 1.165) is 6.42 Å². The van der Waals surface area contributed by atoms with Crippen molar-refractivity contribution < 1.29 is 16.8 Å². The van der Waals surface area contributed by atoms with Crippen molar-refractivity contribution >= 4 is 37.1 Å². The first-order valence-electron chi connectivity index (χ1n) is 6.37. The molecule has 0 spiro atoms. The molecule has 118 valence electrons. The van der Waals surface area contributed by atoms with E-state index in [-0.39, 0.29) is 10.9 Å². The number of hydrogen-bond donors (Lipinski definition) is 2. The number of anilines is 1. The Bertz CT molecular complexity index is 747. The third kappa shape index (κ3) is 3.88. The van der Waals surface area contributed by atoms with Gasteiger partial charge in [0, 0.05) is 12.3 Å². The van der Waals surface area contributed by atoms with Crippen LogP contribution in [0.15, 0.2) is 23.1 Å². The predicted octanol–water partition coefficient (Wildman–Crippen LogP) is 1.36. The smallest absolute Gasteiger partial charge is 0.238 e. The summed E-state index contributed by atoms with van der Waals surface area (Å²) in [4.78, 5) is -0.0664. The van der Waals surface area contributed by atoms with Crippen molar-refractivity contribution in [3.05, 3.63) is 23.2 Å². The zero-order valence-corrected chi connectivity index (χ0v) is 13.8. The Morgan fingerprint density at radius 2 is 1.90 bits per heavy atom. The van der Waals surface area contributed by atoms with Gasteiger partial charge < -0.3 is 5.32 Å². The highest BCUT2D eigenvalue weighted by atomic mass is 35.5. The van der Waals surface area contributed by atoms with E-state index in [1.807, 2.05) is 0 Å². The van der Waals surface area contributed by atoms with Crippen molar-refractivity contribution in [2.24, 2.45) is 5.14 Å². The van der Waals surface area contributed by atoms with Crippen molar-refractivity contribution in [1.82, 2.24) is 0 Å². The van der Waals surface area contributed by atoms with Gasteiger partial charge in [0.05, 0.1) is 20.9 Å². The number of sulfone groups is 1. The van der Waals surface area contributed by atoms with Gasteiger partial charge in [0.15, 0.2) is 9.84 Å². The molecule has 0 aromatic heterocycles. The maximum atomic E-state index is 11.8. The molecule has 1 aromatic carbocycles. The van der Waals surface area contributed by atoms with Crippen molar-refractivity contribution in [3.63, 3.8) is 0 Å². The number of nitrogens with one attached hydrogen (secondary N) is 1. The van der Waals surface area contributed by atoms with E-state index < -0.39 is 25.1 Å². The molecular weight excluding hydrogens is 336 g/mol. The fourth-order valence-electron chi connectivity index (χ4n) is 2.60. The van der Waals surface area contributed by atoms with Crippen LogP contribution in [0.25, 0.3) is 0 Å². The van der Waals surface area contributed by atoms with Gasteiger partial charge >= 0.3 is 0 Å². The fourth-order valence-corrected chi connectivity index (χ4v) is 4.70. The lowest BCUT2D eigenvalue weighted by atomic mass is 10.2. The Morgan fingerprint density at radius 1 is 1.24 bits per heavy atom. The Hall–Kier alpha value is -0.830. The summed E-state index contributed by atoms with van der Waals surface area (Å²) in [5, 5.41) is 7.96. The molecule has 0 saturated heterocycles. The number of hydrogen-bond acceptors (Lipinski definition) is 5. The molecule has 1 aliphatic rings. The second-order valence-corrected chi connectivity index (χ2v) is 9.47.